The van der Waals surface area contributed by atoms with Gasteiger partial charge in [-0.15, -0.1) is 0 Å². The summed E-state index contributed by atoms with van der Waals surface area (Å²) in [5.41, 5.74) is 6.65. The molecule has 6 nitrogen and oxygen atoms in total. The summed E-state index contributed by atoms with van der Waals surface area (Å²) in [6, 6.07) is 17.2. The summed E-state index contributed by atoms with van der Waals surface area (Å²) < 4.78 is 25.8. The smallest absolute Gasteiger partial charge is 0.267 e. The van der Waals surface area contributed by atoms with Crippen molar-refractivity contribution in [2.75, 3.05) is 0 Å². The first-order valence-corrected chi connectivity index (χ1v) is 8.79. The minimum Gasteiger partial charge on any atom is -0.267 e. The van der Waals surface area contributed by atoms with E-state index in [1.54, 1.807) is 24.3 Å². The van der Waals surface area contributed by atoms with Crippen LogP contribution in [0.3, 0.4) is 0 Å². The number of hydrogen-bond acceptors (Lipinski definition) is 4. The number of carbonyl (C=O) groups excluding carboxylic acids is 2. The van der Waals surface area contributed by atoms with E-state index < -0.39 is 23.4 Å². The molecule has 0 unspecified atom stereocenters. The zero-order valence-electron chi connectivity index (χ0n) is 15.5. The van der Waals surface area contributed by atoms with Crippen molar-refractivity contribution in [3.8, 4) is 0 Å². The zero-order valence-corrected chi connectivity index (χ0v) is 15.5. The average Bonchev–Trinajstić information content (AvgIpc) is 2.75. The number of hydrogen-bond donors (Lipinski definition) is 2. The molecule has 0 aliphatic heterocycles. The van der Waals surface area contributed by atoms with Crippen LogP contribution in [0.15, 0.2) is 83.0 Å². The van der Waals surface area contributed by atoms with Gasteiger partial charge in [-0.05, 0) is 65.7 Å². The Bertz CT molecular complexity index is 1010. The number of carbonyl (C=O) groups is 2. The molecule has 0 aromatic heterocycles. The van der Waals surface area contributed by atoms with Crippen LogP contribution in [-0.4, -0.2) is 24.2 Å². The second kappa shape index (κ2) is 9.83. The quantitative estimate of drug-likeness (QED) is 0.485. The first kappa shape index (κ1) is 20.5. The lowest BCUT2D eigenvalue weighted by Gasteiger charge is -2.01. The van der Waals surface area contributed by atoms with Gasteiger partial charge in [0.1, 0.15) is 11.6 Å². The van der Waals surface area contributed by atoms with Gasteiger partial charge in [-0.1, -0.05) is 18.2 Å². The van der Waals surface area contributed by atoms with Crippen molar-refractivity contribution in [1.29, 1.82) is 0 Å². The third-order valence-corrected chi connectivity index (χ3v) is 3.88. The normalized spacial score (nSPS) is 11.0. The summed E-state index contributed by atoms with van der Waals surface area (Å²) in [7, 11) is 0. The van der Waals surface area contributed by atoms with E-state index in [1.165, 1.54) is 61.0 Å². The molecular weight excluding hydrogens is 390 g/mol. The van der Waals surface area contributed by atoms with Crippen molar-refractivity contribution in [3.05, 3.63) is 107 Å². The fraction of sp³-hybridized carbons (Fsp3) is 0. The molecule has 3 aromatic carbocycles. The number of amides is 2. The van der Waals surface area contributed by atoms with Gasteiger partial charge >= 0.3 is 0 Å². The molecule has 3 rings (SSSR count). The summed E-state index contributed by atoms with van der Waals surface area (Å²) >= 11 is 0. The predicted molar refractivity (Wildman–Crippen MR) is 109 cm³/mol. The lowest BCUT2D eigenvalue weighted by atomic mass is 10.1. The van der Waals surface area contributed by atoms with Crippen molar-refractivity contribution in [2.24, 2.45) is 10.2 Å². The van der Waals surface area contributed by atoms with Gasteiger partial charge in [0.25, 0.3) is 11.8 Å². The topological polar surface area (TPSA) is 82.9 Å². The van der Waals surface area contributed by atoms with E-state index in [0.717, 1.165) is 0 Å². The Labute approximate surface area is 170 Å². The Morgan fingerprint density at radius 1 is 0.667 bits per heavy atom. The van der Waals surface area contributed by atoms with Gasteiger partial charge in [0.05, 0.1) is 12.4 Å². The van der Waals surface area contributed by atoms with E-state index in [0.29, 0.717) is 11.1 Å². The fourth-order valence-corrected chi connectivity index (χ4v) is 2.38. The number of hydrazone groups is 2. The van der Waals surface area contributed by atoms with Gasteiger partial charge < -0.3 is 0 Å². The zero-order chi connectivity index (χ0) is 21.3. The molecule has 0 fully saturated rings. The van der Waals surface area contributed by atoms with Crippen LogP contribution in [0.2, 0.25) is 0 Å². The van der Waals surface area contributed by atoms with Crippen LogP contribution in [0.5, 0.6) is 0 Å². The largest absolute Gasteiger partial charge is 0.271 e. The molecule has 0 bridgehead atoms. The van der Waals surface area contributed by atoms with Gasteiger partial charge in [-0.3, -0.25) is 9.59 Å². The van der Waals surface area contributed by atoms with Crippen molar-refractivity contribution in [2.45, 2.75) is 0 Å². The van der Waals surface area contributed by atoms with Crippen molar-refractivity contribution in [3.63, 3.8) is 0 Å². The van der Waals surface area contributed by atoms with E-state index in [4.69, 9.17) is 0 Å². The maximum atomic E-state index is 12.9. The molecule has 2 N–H and O–H groups in total. The van der Waals surface area contributed by atoms with E-state index in [1.807, 2.05) is 0 Å². The van der Waals surface area contributed by atoms with E-state index in [-0.39, 0.29) is 11.1 Å². The Morgan fingerprint density at radius 2 is 1.07 bits per heavy atom. The molecule has 30 heavy (non-hydrogen) atoms. The molecule has 150 valence electrons. The number of rotatable bonds is 6. The summed E-state index contributed by atoms with van der Waals surface area (Å²) in [5.74, 6) is -1.79. The highest BCUT2D eigenvalue weighted by Crippen LogP contribution is 2.04. The van der Waals surface area contributed by atoms with E-state index >= 15 is 0 Å². The monoisotopic (exact) mass is 406 g/mol. The van der Waals surface area contributed by atoms with Gasteiger partial charge in [0, 0.05) is 11.1 Å². The van der Waals surface area contributed by atoms with Crippen LogP contribution in [0.1, 0.15) is 31.8 Å². The third kappa shape index (κ3) is 5.90. The van der Waals surface area contributed by atoms with Crippen LogP contribution in [0, 0.1) is 11.6 Å². The van der Waals surface area contributed by atoms with Gasteiger partial charge in [-0.2, -0.15) is 10.2 Å². The maximum absolute atomic E-state index is 12.9. The predicted octanol–water partition coefficient (Wildman–Crippen LogP) is 3.49. The molecule has 0 aliphatic carbocycles. The number of nitrogens with one attached hydrogen (secondary N) is 2. The molecule has 3 aromatic rings. The minimum atomic E-state index is -0.465. The molecule has 2 amide bonds. The lowest BCUT2D eigenvalue weighted by molar-refractivity contribution is 0.0947. The summed E-state index contributed by atoms with van der Waals surface area (Å²) in [5, 5.41) is 7.75. The molecule has 0 atom stereocenters. The average molecular weight is 406 g/mol. The van der Waals surface area contributed by atoms with Gasteiger partial charge in [0.15, 0.2) is 0 Å². The Kier molecular flexibility index (Phi) is 6.73. The van der Waals surface area contributed by atoms with Crippen molar-refractivity contribution in [1.82, 2.24) is 10.9 Å². The first-order valence-electron chi connectivity index (χ1n) is 8.79. The molecule has 0 radical (unpaired) electrons. The highest BCUT2D eigenvalue weighted by Gasteiger charge is 2.04. The number of nitrogens with zero attached hydrogens (tertiary/aromatic N) is 2. The maximum Gasteiger partial charge on any atom is 0.271 e. The highest BCUT2D eigenvalue weighted by atomic mass is 19.1. The SMILES string of the molecule is O=C(N/N=C\c1cccc(/C=N\NC(=O)c2ccc(F)cc2)c1)c1ccc(F)cc1. The molecule has 0 spiro atoms. The number of benzene rings is 3. The Morgan fingerprint density at radius 3 is 1.47 bits per heavy atom. The Balaban J connectivity index is 1.56. The standard InChI is InChI=1S/C22H16F2N4O2/c23-19-8-4-17(5-9-19)21(29)27-25-13-15-2-1-3-16(12-15)14-26-28-22(30)18-6-10-20(24)11-7-18/h1-14H,(H,27,29)(H,28,30)/b25-13-,26-14-. The first-order chi connectivity index (χ1) is 14.5. The molecule has 0 saturated carbocycles. The molecule has 8 heteroatoms. The van der Waals surface area contributed by atoms with Gasteiger partial charge in [0.2, 0.25) is 0 Å². The van der Waals surface area contributed by atoms with Crippen molar-refractivity contribution < 1.29 is 18.4 Å². The molecule has 0 aliphatic rings. The fourth-order valence-electron chi connectivity index (χ4n) is 2.38. The van der Waals surface area contributed by atoms with E-state index in [9.17, 15) is 18.4 Å². The van der Waals surface area contributed by atoms with E-state index in [2.05, 4.69) is 21.1 Å². The molecular formula is C22H16F2N4O2. The summed E-state index contributed by atoms with van der Waals surface area (Å²) in [6.45, 7) is 0. The summed E-state index contributed by atoms with van der Waals surface area (Å²) in [6.07, 6.45) is 2.88. The Hall–Kier alpha value is -4.20. The second-order valence-corrected chi connectivity index (χ2v) is 6.08. The second-order valence-electron chi connectivity index (χ2n) is 6.08. The van der Waals surface area contributed by atoms with Gasteiger partial charge in [-0.25, -0.2) is 19.6 Å². The molecule has 0 heterocycles. The van der Waals surface area contributed by atoms with Crippen LogP contribution in [0.4, 0.5) is 8.78 Å². The number of halogens is 2. The summed E-state index contributed by atoms with van der Waals surface area (Å²) in [4.78, 5) is 23.8. The lowest BCUT2D eigenvalue weighted by Crippen LogP contribution is -2.17. The highest BCUT2D eigenvalue weighted by molar-refractivity contribution is 5.96. The minimum absolute atomic E-state index is 0.284. The van der Waals surface area contributed by atoms with Crippen LogP contribution < -0.4 is 10.9 Å². The van der Waals surface area contributed by atoms with Crippen molar-refractivity contribution >= 4 is 24.2 Å². The van der Waals surface area contributed by atoms with Crippen LogP contribution in [0.25, 0.3) is 0 Å². The third-order valence-electron chi connectivity index (χ3n) is 3.88. The molecule has 0 saturated heterocycles. The van der Waals surface area contributed by atoms with Crippen LogP contribution >= 0.6 is 0 Å². The van der Waals surface area contributed by atoms with Crippen LogP contribution in [-0.2, 0) is 0 Å².